The number of benzene rings is 4. The Hall–Kier alpha value is -3.61. The molecule has 1 atom stereocenters. The van der Waals surface area contributed by atoms with E-state index < -0.39 is 0 Å². The van der Waals surface area contributed by atoms with E-state index in [1.54, 1.807) is 11.8 Å². The number of carbonyl (C=O) groups excluding carboxylic acids is 1. The van der Waals surface area contributed by atoms with Crippen molar-refractivity contribution in [3.63, 3.8) is 0 Å². The van der Waals surface area contributed by atoms with Crippen molar-refractivity contribution >= 4 is 57.7 Å². The van der Waals surface area contributed by atoms with Gasteiger partial charge >= 0.3 is 0 Å². The number of rotatable bonds is 8. The fraction of sp³-hybridized carbons (Fsp3) is 0.103. The molecular formula is C29H27N3OS2. The first kappa shape index (κ1) is 24.5. The molecule has 1 amide bonds. The Morgan fingerprint density at radius 1 is 0.771 bits per heavy atom. The Balaban J connectivity index is 1.50. The molecule has 0 saturated carbocycles. The summed E-state index contributed by atoms with van der Waals surface area (Å²) >= 11 is 7.03. The molecule has 4 nitrogen and oxygen atoms in total. The molecule has 0 saturated heterocycles. The summed E-state index contributed by atoms with van der Waals surface area (Å²) in [6.07, 6.45) is 0.700. The van der Waals surface area contributed by atoms with E-state index in [4.69, 9.17) is 12.2 Å². The van der Waals surface area contributed by atoms with Gasteiger partial charge in [-0.05, 0) is 73.2 Å². The first-order chi connectivity index (χ1) is 17.1. The van der Waals surface area contributed by atoms with Crippen LogP contribution in [0.15, 0.2) is 120 Å². The second-order valence-corrected chi connectivity index (χ2v) is 9.52. The number of hydrogen-bond donors (Lipinski definition) is 2. The topological polar surface area (TPSA) is 44.4 Å². The van der Waals surface area contributed by atoms with Crippen molar-refractivity contribution in [2.45, 2.75) is 23.5 Å². The summed E-state index contributed by atoms with van der Waals surface area (Å²) in [6.45, 7) is 2.05. The van der Waals surface area contributed by atoms with Gasteiger partial charge in [0.15, 0.2) is 5.11 Å². The van der Waals surface area contributed by atoms with Crippen LogP contribution in [0, 0.1) is 0 Å². The summed E-state index contributed by atoms with van der Waals surface area (Å²) in [4.78, 5) is 16.6. The molecule has 0 radical (unpaired) electrons. The molecule has 6 heteroatoms. The maximum atomic E-state index is 13.8. The van der Waals surface area contributed by atoms with Crippen molar-refractivity contribution in [1.29, 1.82) is 0 Å². The van der Waals surface area contributed by atoms with Crippen LogP contribution >= 0.6 is 24.0 Å². The van der Waals surface area contributed by atoms with Gasteiger partial charge in [0.2, 0.25) is 5.91 Å². The number of nitrogens with zero attached hydrogens (tertiary/aromatic N) is 1. The van der Waals surface area contributed by atoms with Gasteiger partial charge in [0, 0.05) is 27.6 Å². The lowest BCUT2D eigenvalue weighted by Crippen LogP contribution is -2.34. The summed E-state index contributed by atoms with van der Waals surface area (Å²) < 4.78 is 0. The molecule has 35 heavy (non-hydrogen) atoms. The number of carbonyl (C=O) groups is 1. The van der Waals surface area contributed by atoms with Crippen LogP contribution < -0.4 is 15.5 Å². The fourth-order valence-corrected chi connectivity index (χ4v) is 4.93. The van der Waals surface area contributed by atoms with Crippen molar-refractivity contribution in [1.82, 2.24) is 0 Å². The van der Waals surface area contributed by atoms with Crippen molar-refractivity contribution in [3.8, 4) is 0 Å². The summed E-state index contributed by atoms with van der Waals surface area (Å²) in [5, 5.41) is 6.69. The van der Waals surface area contributed by atoms with E-state index >= 15 is 0 Å². The predicted molar refractivity (Wildman–Crippen MR) is 153 cm³/mol. The fourth-order valence-electron chi connectivity index (χ4n) is 3.64. The van der Waals surface area contributed by atoms with Crippen LogP contribution in [0.5, 0.6) is 0 Å². The standard InChI is InChI=1S/C29H27N3OS2/c1-2-27(28(33)32(24-16-8-4-9-17-24)25-18-10-5-11-19-25)35-26-20-12-15-23(21-26)31-29(34)30-22-13-6-3-7-14-22/h3-21,27H,2H2,1H3,(H2,30,31,34). The van der Waals surface area contributed by atoms with Crippen LogP contribution in [0.3, 0.4) is 0 Å². The highest BCUT2D eigenvalue weighted by Crippen LogP contribution is 2.33. The number of amides is 1. The molecule has 0 aromatic heterocycles. The number of anilines is 4. The van der Waals surface area contributed by atoms with Crippen molar-refractivity contribution in [2.24, 2.45) is 0 Å². The van der Waals surface area contributed by atoms with E-state index in [1.165, 1.54) is 0 Å². The van der Waals surface area contributed by atoms with Crippen LogP contribution in [-0.2, 0) is 4.79 Å². The number of thioether (sulfide) groups is 1. The van der Waals surface area contributed by atoms with Crippen molar-refractivity contribution in [3.05, 3.63) is 115 Å². The molecule has 4 aromatic rings. The normalized spacial score (nSPS) is 11.3. The third-order valence-electron chi connectivity index (χ3n) is 5.30. The van der Waals surface area contributed by atoms with Crippen molar-refractivity contribution < 1.29 is 4.79 Å². The molecule has 0 aliphatic rings. The average molecular weight is 498 g/mol. The molecule has 176 valence electrons. The zero-order valence-corrected chi connectivity index (χ0v) is 21.1. The molecule has 0 spiro atoms. The van der Waals surface area contributed by atoms with Crippen molar-refractivity contribution in [2.75, 3.05) is 15.5 Å². The van der Waals surface area contributed by atoms with E-state index in [9.17, 15) is 4.79 Å². The minimum Gasteiger partial charge on any atom is -0.332 e. The first-order valence-corrected chi connectivity index (χ1v) is 12.8. The van der Waals surface area contributed by atoms with Gasteiger partial charge in [-0.15, -0.1) is 11.8 Å². The van der Waals surface area contributed by atoms with E-state index in [0.717, 1.165) is 27.6 Å². The highest BCUT2D eigenvalue weighted by molar-refractivity contribution is 8.00. The largest absolute Gasteiger partial charge is 0.332 e. The predicted octanol–water partition coefficient (Wildman–Crippen LogP) is 7.73. The summed E-state index contributed by atoms with van der Waals surface area (Å²) in [7, 11) is 0. The van der Waals surface area contributed by atoms with Crippen LogP contribution in [0.2, 0.25) is 0 Å². The molecule has 0 aliphatic heterocycles. The molecule has 2 N–H and O–H groups in total. The zero-order valence-electron chi connectivity index (χ0n) is 19.4. The summed E-state index contributed by atoms with van der Waals surface area (Å²) in [5.41, 5.74) is 3.51. The number of hydrogen-bond acceptors (Lipinski definition) is 3. The van der Waals surface area contributed by atoms with Crippen LogP contribution in [-0.4, -0.2) is 16.3 Å². The molecular weight excluding hydrogens is 470 g/mol. The Labute approximate surface area is 216 Å². The lowest BCUT2D eigenvalue weighted by Gasteiger charge is -2.27. The second kappa shape index (κ2) is 12.2. The number of para-hydroxylation sites is 3. The van der Waals surface area contributed by atoms with Gasteiger partial charge in [-0.25, -0.2) is 0 Å². The first-order valence-electron chi connectivity index (χ1n) is 11.5. The lowest BCUT2D eigenvalue weighted by molar-refractivity contribution is -0.117. The van der Waals surface area contributed by atoms with Gasteiger partial charge in [0.05, 0.1) is 5.25 Å². The third-order valence-corrected chi connectivity index (χ3v) is 6.85. The second-order valence-electron chi connectivity index (χ2n) is 7.83. The quantitative estimate of drug-likeness (QED) is 0.193. The Kier molecular flexibility index (Phi) is 8.54. The van der Waals surface area contributed by atoms with Gasteiger partial charge in [-0.1, -0.05) is 67.6 Å². The summed E-state index contributed by atoms with van der Waals surface area (Å²) in [5.74, 6) is 0.0505. The SMILES string of the molecule is CCC(Sc1cccc(NC(=S)Nc2ccccc2)c1)C(=O)N(c1ccccc1)c1ccccc1. The lowest BCUT2D eigenvalue weighted by atomic mass is 10.2. The van der Waals surface area contributed by atoms with Gasteiger partial charge in [0.25, 0.3) is 0 Å². The molecule has 1 unspecified atom stereocenters. The Morgan fingerprint density at radius 3 is 1.86 bits per heavy atom. The minimum atomic E-state index is -0.250. The van der Waals surface area contributed by atoms with E-state index in [2.05, 4.69) is 10.6 Å². The van der Waals surface area contributed by atoms with E-state index in [-0.39, 0.29) is 11.2 Å². The number of thiocarbonyl (C=S) groups is 1. The van der Waals surface area contributed by atoms with Gasteiger partial charge in [0.1, 0.15) is 0 Å². The highest BCUT2D eigenvalue weighted by atomic mass is 32.2. The van der Waals surface area contributed by atoms with Gasteiger partial charge in [-0.2, -0.15) is 0 Å². The Bertz CT molecular complexity index is 1210. The Morgan fingerprint density at radius 2 is 1.29 bits per heavy atom. The van der Waals surface area contributed by atoms with Gasteiger partial charge in [-0.3, -0.25) is 9.69 Å². The van der Waals surface area contributed by atoms with E-state index in [1.807, 2.05) is 127 Å². The zero-order chi connectivity index (χ0) is 24.5. The van der Waals surface area contributed by atoms with Crippen LogP contribution in [0.1, 0.15) is 13.3 Å². The molecule has 4 aromatic carbocycles. The maximum absolute atomic E-state index is 13.8. The van der Waals surface area contributed by atoms with Crippen LogP contribution in [0.4, 0.5) is 22.7 Å². The van der Waals surface area contributed by atoms with E-state index in [0.29, 0.717) is 11.5 Å². The monoisotopic (exact) mass is 497 g/mol. The van der Waals surface area contributed by atoms with Gasteiger partial charge < -0.3 is 10.6 Å². The molecule has 4 rings (SSSR count). The molecule has 0 bridgehead atoms. The average Bonchev–Trinajstić information content (AvgIpc) is 2.89. The molecule has 0 heterocycles. The maximum Gasteiger partial charge on any atom is 0.245 e. The third kappa shape index (κ3) is 6.72. The summed E-state index contributed by atoms with van der Waals surface area (Å²) in [6, 6.07) is 37.4. The molecule has 0 fully saturated rings. The van der Waals surface area contributed by atoms with Crippen LogP contribution in [0.25, 0.3) is 0 Å². The minimum absolute atomic E-state index is 0.0505. The highest BCUT2D eigenvalue weighted by Gasteiger charge is 2.26. The number of nitrogens with one attached hydrogen (secondary N) is 2. The smallest absolute Gasteiger partial charge is 0.245 e. The molecule has 0 aliphatic carbocycles.